The van der Waals surface area contributed by atoms with E-state index in [4.69, 9.17) is 5.73 Å². The van der Waals surface area contributed by atoms with Crippen LogP contribution < -0.4 is 11.1 Å². The summed E-state index contributed by atoms with van der Waals surface area (Å²) < 4.78 is 26.5. The average Bonchev–Trinajstić information content (AvgIpc) is 2.99. The van der Waals surface area contributed by atoms with E-state index in [-0.39, 0.29) is 17.9 Å². The summed E-state index contributed by atoms with van der Waals surface area (Å²) in [5.74, 6) is -1.79. The largest absolute Gasteiger partial charge is 0.352 e. The first kappa shape index (κ1) is 18.6. The number of benzene rings is 1. The number of carbonyl (C=O) groups excluding carboxylic acids is 2. The predicted molar refractivity (Wildman–Crippen MR) is 92.1 cm³/mol. The summed E-state index contributed by atoms with van der Waals surface area (Å²) in [7, 11) is 0. The molecule has 0 aromatic heterocycles. The molecule has 26 heavy (non-hydrogen) atoms. The molecular weight excluding hydrogens is 342 g/mol. The zero-order chi connectivity index (χ0) is 18.7. The van der Waals surface area contributed by atoms with Gasteiger partial charge in [-0.2, -0.15) is 0 Å². The van der Waals surface area contributed by atoms with E-state index in [1.165, 1.54) is 6.07 Å². The van der Waals surface area contributed by atoms with Crippen molar-refractivity contribution in [3.8, 4) is 0 Å². The van der Waals surface area contributed by atoms with Gasteiger partial charge in [0.1, 0.15) is 0 Å². The average molecular weight is 366 g/mol. The van der Waals surface area contributed by atoms with Gasteiger partial charge >= 0.3 is 6.03 Å². The minimum atomic E-state index is -0.835. The maximum Gasteiger partial charge on any atom is 0.312 e. The van der Waals surface area contributed by atoms with Crippen molar-refractivity contribution < 1.29 is 18.4 Å². The van der Waals surface area contributed by atoms with Crippen LogP contribution in [0.3, 0.4) is 0 Å². The van der Waals surface area contributed by atoms with Crippen LogP contribution in [0.1, 0.15) is 24.8 Å². The first-order valence-electron chi connectivity index (χ1n) is 8.84. The summed E-state index contributed by atoms with van der Waals surface area (Å²) >= 11 is 0. The number of hydrogen-bond acceptors (Lipinski definition) is 3. The Balaban J connectivity index is 1.58. The Labute approximate surface area is 151 Å². The highest BCUT2D eigenvalue weighted by Gasteiger charge is 2.42. The number of nitrogens with zero attached hydrogens (tertiary/aromatic N) is 2. The number of nitrogens with two attached hydrogens (primary N) is 1. The van der Waals surface area contributed by atoms with Crippen molar-refractivity contribution in [1.29, 1.82) is 0 Å². The van der Waals surface area contributed by atoms with Gasteiger partial charge in [0.05, 0.1) is 6.54 Å². The molecule has 142 valence electrons. The summed E-state index contributed by atoms with van der Waals surface area (Å²) in [6, 6.07) is 3.31. The number of nitrogens with one attached hydrogen (secondary N) is 1. The molecule has 1 aromatic carbocycles. The van der Waals surface area contributed by atoms with E-state index in [0.717, 1.165) is 44.0 Å². The number of urea groups is 1. The molecule has 2 fully saturated rings. The van der Waals surface area contributed by atoms with Gasteiger partial charge in [-0.15, -0.1) is 0 Å². The highest BCUT2D eigenvalue weighted by Crippen LogP contribution is 2.39. The second-order valence-corrected chi connectivity index (χ2v) is 7.35. The molecule has 2 aliphatic rings. The molecule has 3 N–H and O–H groups in total. The fraction of sp³-hybridized carbons (Fsp3) is 0.556. The van der Waals surface area contributed by atoms with Gasteiger partial charge in [0.2, 0.25) is 5.91 Å². The number of piperidine rings is 1. The molecule has 3 rings (SSSR count). The predicted octanol–water partition coefficient (Wildman–Crippen LogP) is 1.45. The van der Waals surface area contributed by atoms with Crippen LogP contribution in [0.4, 0.5) is 13.6 Å². The first-order valence-corrected chi connectivity index (χ1v) is 8.84. The summed E-state index contributed by atoms with van der Waals surface area (Å²) in [4.78, 5) is 27.0. The molecule has 1 aromatic rings. The van der Waals surface area contributed by atoms with E-state index in [1.807, 2.05) is 0 Å². The fourth-order valence-corrected chi connectivity index (χ4v) is 4.10. The Morgan fingerprint density at radius 1 is 1.15 bits per heavy atom. The monoisotopic (exact) mass is 366 g/mol. The Morgan fingerprint density at radius 2 is 1.96 bits per heavy atom. The molecule has 0 saturated carbocycles. The van der Waals surface area contributed by atoms with Crippen LogP contribution >= 0.6 is 0 Å². The van der Waals surface area contributed by atoms with Crippen molar-refractivity contribution in [2.75, 3.05) is 32.7 Å². The summed E-state index contributed by atoms with van der Waals surface area (Å²) in [6.07, 6.45) is 2.95. The normalized spacial score (nSPS) is 23.4. The van der Waals surface area contributed by atoms with Gasteiger partial charge in [-0.25, -0.2) is 13.6 Å². The van der Waals surface area contributed by atoms with E-state index < -0.39 is 17.7 Å². The van der Waals surface area contributed by atoms with Gasteiger partial charge in [-0.1, -0.05) is 6.07 Å². The Kier molecular flexibility index (Phi) is 5.41. The molecule has 8 heteroatoms. The number of halogens is 2. The molecule has 1 spiro atoms. The lowest BCUT2D eigenvalue weighted by Crippen LogP contribution is -2.46. The van der Waals surface area contributed by atoms with Gasteiger partial charge in [-0.05, 0) is 43.5 Å². The van der Waals surface area contributed by atoms with E-state index in [9.17, 15) is 18.4 Å². The van der Waals surface area contributed by atoms with Crippen LogP contribution in [-0.2, 0) is 11.3 Å². The quantitative estimate of drug-likeness (QED) is 0.847. The van der Waals surface area contributed by atoms with Crippen LogP contribution in [0.5, 0.6) is 0 Å². The number of likely N-dealkylation sites (tertiary alicyclic amines) is 2. The fourth-order valence-electron chi connectivity index (χ4n) is 4.10. The third kappa shape index (κ3) is 4.30. The van der Waals surface area contributed by atoms with Crippen LogP contribution in [0.25, 0.3) is 0 Å². The number of primary amides is 1. The smallest absolute Gasteiger partial charge is 0.312 e. The Bertz CT molecular complexity index is 700. The van der Waals surface area contributed by atoms with Crippen molar-refractivity contribution in [3.05, 3.63) is 35.4 Å². The third-order valence-corrected chi connectivity index (χ3v) is 5.34. The molecule has 6 nitrogen and oxygen atoms in total. The molecule has 2 saturated heterocycles. The summed E-state index contributed by atoms with van der Waals surface area (Å²) in [5, 5.41) is 2.34. The molecule has 2 aliphatic heterocycles. The Hall–Kier alpha value is -2.22. The van der Waals surface area contributed by atoms with Crippen molar-refractivity contribution in [1.82, 2.24) is 15.1 Å². The SMILES string of the molecule is NC(=O)NCC(=O)N1CCC2(CCCN(Cc3ccc(F)c(F)c3)C2)C1. The van der Waals surface area contributed by atoms with E-state index >= 15 is 0 Å². The van der Waals surface area contributed by atoms with Gasteiger partial charge in [0.15, 0.2) is 11.6 Å². The van der Waals surface area contributed by atoms with Crippen molar-refractivity contribution in [2.45, 2.75) is 25.8 Å². The lowest BCUT2D eigenvalue weighted by molar-refractivity contribution is -0.129. The third-order valence-electron chi connectivity index (χ3n) is 5.34. The van der Waals surface area contributed by atoms with Crippen LogP contribution in [0, 0.1) is 17.0 Å². The Morgan fingerprint density at radius 3 is 2.69 bits per heavy atom. The maximum atomic E-state index is 13.4. The van der Waals surface area contributed by atoms with Crippen molar-refractivity contribution in [2.24, 2.45) is 11.1 Å². The molecule has 1 atom stereocenters. The number of carbonyl (C=O) groups is 2. The minimum Gasteiger partial charge on any atom is -0.352 e. The molecule has 2 heterocycles. The zero-order valence-electron chi connectivity index (χ0n) is 14.6. The second-order valence-electron chi connectivity index (χ2n) is 7.35. The van der Waals surface area contributed by atoms with Gasteiger partial charge in [0, 0.05) is 31.6 Å². The molecule has 0 aliphatic carbocycles. The van der Waals surface area contributed by atoms with Crippen molar-refractivity contribution in [3.63, 3.8) is 0 Å². The lowest BCUT2D eigenvalue weighted by Gasteiger charge is -2.40. The van der Waals surface area contributed by atoms with Gasteiger partial charge in [-0.3, -0.25) is 9.69 Å². The van der Waals surface area contributed by atoms with Crippen LogP contribution in [0.15, 0.2) is 18.2 Å². The first-order chi connectivity index (χ1) is 12.4. The molecule has 0 radical (unpaired) electrons. The lowest BCUT2D eigenvalue weighted by atomic mass is 9.79. The minimum absolute atomic E-state index is 0.0270. The molecule has 0 bridgehead atoms. The zero-order valence-corrected chi connectivity index (χ0v) is 14.6. The van der Waals surface area contributed by atoms with Crippen LogP contribution in [-0.4, -0.2) is 54.5 Å². The topological polar surface area (TPSA) is 78.7 Å². The highest BCUT2D eigenvalue weighted by atomic mass is 19.2. The highest BCUT2D eigenvalue weighted by molar-refractivity contribution is 5.83. The molecule has 1 unspecified atom stereocenters. The van der Waals surface area contributed by atoms with E-state index in [0.29, 0.717) is 19.6 Å². The van der Waals surface area contributed by atoms with E-state index in [1.54, 1.807) is 11.0 Å². The second kappa shape index (κ2) is 7.57. The standard InChI is InChI=1S/C18H24F2N4O2/c19-14-3-2-13(8-15(14)20)10-23-6-1-4-18(11-23)5-7-24(12-18)16(25)9-22-17(21)26/h2-3,8H,1,4-7,9-12H2,(H3,21,22,26). The van der Waals surface area contributed by atoms with Gasteiger partial charge in [0.25, 0.3) is 0 Å². The van der Waals surface area contributed by atoms with Crippen LogP contribution in [0.2, 0.25) is 0 Å². The summed E-state index contributed by atoms with van der Waals surface area (Å²) in [5.41, 5.74) is 5.78. The number of hydrogen-bond donors (Lipinski definition) is 2. The summed E-state index contributed by atoms with van der Waals surface area (Å²) in [6.45, 7) is 3.52. The molecular formula is C18H24F2N4O2. The maximum absolute atomic E-state index is 13.4. The molecule has 3 amide bonds. The van der Waals surface area contributed by atoms with Crippen molar-refractivity contribution >= 4 is 11.9 Å². The van der Waals surface area contributed by atoms with E-state index in [2.05, 4.69) is 10.2 Å². The number of amides is 3. The van der Waals surface area contributed by atoms with Gasteiger partial charge < -0.3 is 16.0 Å². The number of rotatable bonds is 4.